The zero-order chi connectivity index (χ0) is 14.8. The molecule has 1 fully saturated rings. The standard InChI is InChI=1S/C14H19NO4S/c1-2-3-11-4-6-12(7-5-11)20(18,19)15-10-14(8-9-14)13(16)17/h4-7,15H,2-3,8-10H2,1H3,(H,16,17). The van der Waals surface area contributed by atoms with E-state index in [-0.39, 0.29) is 11.4 Å². The van der Waals surface area contributed by atoms with E-state index in [9.17, 15) is 13.2 Å². The van der Waals surface area contributed by atoms with E-state index < -0.39 is 21.4 Å². The maximum Gasteiger partial charge on any atom is 0.310 e. The predicted molar refractivity (Wildman–Crippen MR) is 74.9 cm³/mol. The van der Waals surface area contributed by atoms with Crippen LogP contribution < -0.4 is 4.72 Å². The summed E-state index contributed by atoms with van der Waals surface area (Å²) in [5.74, 6) is -0.932. The lowest BCUT2D eigenvalue weighted by molar-refractivity contribution is -0.143. The molecule has 0 spiro atoms. The summed E-state index contributed by atoms with van der Waals surface area (Å²) in [6.45, 7) is 2.02. The number of carboxylic acids is 1. The van der Waals surface area contributed by atoms with Crippen LogP contribution in [0.15, 0.2) is 29.2 Å². The first-order valence-electron chi connectivity index (χ1n) is 6.72. The van der Waals surface area contributed by atoms with E-state index in [4.69, 9.17) is 5.11 Å². The summed E-state index contributed by atoms with van der Waals surface area (Å²) in [4.78, 5) is 11.2. The minimum atomic E-state index is -3.63. The van der Waals surface area contributed by atoms with Gasteiger partial charge in [-0.2, -0.15) is 0 Å². The van der Waals surface area contributed by atoms with Gasteiger partial charge in [0, 0.05) is 6.54 Å². The van der Waals surface area contributed by atoms with Gasteiger partial charge in [-0.05, 0) is 37.0 Å². The normalized spacial score (nSPS) is 16.9. The molecule has 0 saturated heterocycles. The molecule has 20 heavy (non-hydrogen) atoms. The third-order valence-corrected chi connectivity index (χ3v) is 5.10. The number of nitrogens with one attached hydrogen (secondary N) is 1. The largest absolute Gasteiger partial charge is 0.481 e. The summed E-state index contributed by atoms with van der Waals surface area (Å²) in [5, 5.41) is 9.03. The van der Waals surface area contributed by atoms with Crippen molar-refractivity contribution in [3.63, 3.8) is 0 Å². The van der Waals surface area contributed by atoms with Gasteiger partial charge in [0.25, 0.3) is 0 Å². The second-order valence-electron chi connectivity index (χ2n) is 5.30. The first kappa shape index (κ1) is 15.0. The Kier molecular flexibility index (Phi) is 4.15. The van der Waals surface area contributed by atoms with Crippen molar-refractivity contribution in [2.75, 3.05) is 6.54 Å². The van der Waals surface area contributed by atoms with Gasteiger partial charge in [-0.15, -0.1) is 0 Å². The van der Waals surface area contributed by atoms with Gasteiger partial charge in [-0.1, -0.05) is 25.5 Å². The van der Waals surface area contributed by atoms with E-state index in [1.807, 2.05) is 0 Å². The highest BCUT2D eigenvalue weighted by atomic mass is 32.2. The Balaban J connectivity index is 2.05. The van der Waals surface area contributed by atoms with Crippen LogP contribution >= 0.6 is 0 Å². The van der Waals surface area contributed by atoms with E-state index in [1.165, 1.54) is 0 Å². The van der Waals surface area contributed by atoms with E-state index in [2.05, 4.69) is 11.6 Å². The van der Waals surface area contributed by atoms with Gasteiger partial charge in [-0.25, -0.2) is 13.1 Å². The topological polar surface area (TPSA) is 83.5 Å². The van der Waals surface area contributed by atoms with Crippen LogP contribution in [0.25, 0.3) is 0 Å². The first-order valence-corrected chi connectivity index (χ1v) is 8.20. The summed E-state index contributed by atoms with van der Waals surface area (Å²) in [5.41, 5.74) is 0.200. The molecular weight excluding hydrogens is 278 g/mol. The Labute approximate surface area is 119 Å². The number of hydrogen-bond acceptors (Lipinski definition) is 3. The van der Waals surface area contributed by atoms with Crippen molar-refractivity contribution in [2.24, 2.45) is 5.41 Å². The van der Waals surface area contributed by atoms with Crippen LogP contribution in [-0.4, -0.2) is 26.0 Å². The van der Waals surface area contributed by atoms with E-state index in [0.29, 0.717) is 12.8 Å². The maximum atomic E-state index is 12.1. The van der Waals surface area contributed by atoms with E-state index in [1.54, 1.807) is 24.3 Å². The summed E-state index contributed by atoms with van der Waals surface area (Å²) < 4.78 is 26.6. The molecule has 0 radical (unpaired) electrons. The van der Waals surface area contributed by atoms with Crippen molar-refractivity contribution in [1.82, 2.24) is 4.72 Å². The van der Waals surface area contributed by atoms with Crippen molar-refractivity contribution in [3.05, 3.63) is 29.8 Å². The number of carbonyl (C=O) groups is 1. The molecule has 0 heterocycles. The molecule has 2 N–H and O–H groups in total. The summed E-state index contributed by atoms with van der Waals surface area (Å²) >= 11 is 0. The fourth-order valence-corrected chi connectivity index (χ4v) is 3.18. The molecule has 0 aliphatic heterocycles. The molecule has 1 aromatic rings. The van der Waals surface area contributed by atoms with Gasteiger partial charge in [-0.3, -0.25) is 4.79 Å². The summed E-state index contributed by atoms with van der Waals surface area (Å²) in [6, 6.07) is 6.71. The lowest BCUT2D eigenvalue weighted by atomic mass is 10.1. The van der Waals surface area contributed by atoms with Crippen LogP contribution in [0.3, 0.4) is 0 Å². The van der Waals surface area contributed by atoms with E-state index >= 15 is 0 Å². The lowest BCUT2D eigenvalue weighted by Crippen LogP contribution is -2.34. The molecule has 0 aromatic heterocycles. The Morgan fingerprint density at radius 3 is 2.35 bits per heavy atom. The zero-order valence-corrected chi connectivity index (χ0v) is 12.2. The molecular formula is C14H19NO4S. The Morgan fingerprint density at radius 1 is 1.30 bits per heavy atom. The Bertz CT molecular complexity index is 588. The van der Waals surface area contributed by atoms with Crippen LogP contribution in [-0.2, 0) is 21.2 Å². The average molecular weight is 297 g/mol. The molecule has 1 aliphatic carbocycles. The average Bonchev–Trinajstić information content (AvgIpc) is 3.19. The highest BCUT2D eigenvalue weighted by molar-refractivity contribution is 7.89. The van der Waals surface area contributed by atoms with Gasteiger partial charge < -0.3 is 5.11 Å². The second-order valence-corrected chi connectivity index (χ2v) is 7.07. The van der Waals surface area contributed by atoms with Crippen LogP contribution in [0.2, 0.25) is 0 Å². The second kappa shape index (κ2) is 5.54. The number of aliphatic carboxylic acids is 1. The highest BCUT2D eigenvalue weighted by Gasteiger charge is 2.50. The van der Waals surface area contributed by atoms with Crippen LogP contribution in [0, 0.1) is 5.41 Å². The fraction of sp³-hybridized carbons (Fsp3) is 0.500. The van der Waals surface area contributed by atoms with Crippen molar-refractivity contribution in [2.45, 2.75) is 37.5 Å². The van der Waals surface area contributed by atoms with E-state index in [0.717, 1.165) is 18.4 Å². The zero-order valence-electron chi connectivity index (χ0n) is 11.4. The quantitative estimate of drug-likeness (QED) is 0.803. The molecule has 0 bridgehead atoms. The minimum Gasteiger partial charge on any atom is -0.481 e. The number of sulfonamides is 1. The number of hydrogen-bond donors (Lipinski definition) is 2. The van der Waals surface area contributed by atoms with Crippen molar-refractivity contribution in [3.8, 4) is 0 Å². The number of benzene rings is 1. The van der Waals surface area contributed by atoms with Gasteiger partial charge in [0.15, 0.2) is 0 Å². The molecule has 0 unspecified atom stereocenters. The predicted octanol–water partition coefficient (Wildman–Crippen LogP) is 1.78. The summed E-state index contributed by atoms with van der Waals surface area (Å²) in [7, 11) is -3.63. The molecule has 2 rings (SSSR count). The van der Waals surface area contributed by atoms with Crippen molar-refractivity contribution >= 4 is 16.0 Å². The molecule has 0 atom stereocenters. The third-order valence-electron chi connectivity index (χ3n) is 3.68. The smallest absolute Gasteiger partial charge is 0.310 e. The number of carboxylic acid groups (broad SMARTS) is 1. The van der Waals surface area contributed by atoms with Gasteiger partial charge >= 0.3 is 5.97 Å². The molecule has 1 aliphatic rings. The minimum absolute atomic E-state index is 0.0403. The van der Waals surface area contributed by atoms with Crippen LogP contribution in [0.4, 0.5) is 0 Å². The van der Waals surface area contributed by atoms with Gasteiger partial charge in [0.05, 0.1) is 10.3 Å². The maximum absolute atomic E-state index is 12.1. The lowest BCUT2D eigenvalue weighted by Gasteiger charge is -2.12. The monoisotopic (exact) mass is 297 g/mol. The SMILES string of the molecule is CCCc1ccc(S(=O)(=O)NCC2(C(=O)O)CC2)cc1. The fourth-order valence-electron chi connectivity index (χ4n) is 2.06. The molecule has 5 nitrogen and oxygen atoms in total. The Morgan fingerprint density at radius 2 is 1.90 bits per heavy atom. The number of aryl methyl sites for hydroxylation is 1. The molecule has 0 amide bonds. The van der Waals surface area contributed by atoms with Gasteiger partial charge in [0.1, 0.15) is 0 Å². The van der Waals surface area contributed by atoms with Crippen molar-refractivity contribution < 1.29 is 18.3 Å². The molecule has 1 saturated carbocycles. The third kappa shape index (κ3) is 3.19. The highest BCUT2D eigenvalue weighted by Crippen LogP contribution is 2.45. The Hall–Kier alpha value is -1.40. The van der Waals surface area contributed by atoms with Crippen molar-refractivity contribution in [1.29, 1.82) is 0 Å². The molecule has 1 aromatic carbocycles. The van der Waals surface area contributed by atoms with Crippen LogP contribution in [0.5, 0.6) is 0 Å². The first-order chi connectivity index (χ1) is 9.39. The number of rotatable bonds is 7. The molecule has 6 heteroatoms. The van der Waals surface area contributed by atoms with Gasteiger partial charge in [0.2, 0.25) is 10.0 Å². The molecule has 110 valence electrons. The summed E-state index contributed by atoms with van der Waals surface area (Å²) in [6.07, 6.45) is 2.97. The van der Waals surface area contributed by atoms with Crippen LogP contribution in [0.1, 0.15) is 31.7 Å².